The quantitative estimate of drug-likeness (QED) is 0.890. The summed E-state index contributed by atoms with van der Waals surface area (Å²) >= 11 is 0. The Morgan fingerprint density at radius 1 is 1.10 bits per heavy atom. The summed E-state index contributed by atoms with van der Waals surface area (Å²) in [4.78, 5) is 0.210. The first-order chi connectivity index (χ1) is 9.53. The summed E-state index contributed by atoms with van der Waals surface area (Å²) < 4.78 is 26.9. The van der Waals surface area contributed by atoms with Crippen LogP contribution in [0.3, 0.4) is 0 Å². The lowest BCUT2D eigenvalue weighted by molar-refractivity contribution is 0.174. The van der Waals surface area contributed by atoms with Crippen molar-refractivity contribution in [2.45, 2.75) is 24.3 Å². The number of benzene rings is 2. The van der Waals surface area contributed by atoms with Gasteiger partial charge in [0, 0.05) is 5.69 Å². The monoisotopic (exact) mass is 291 g/mol. The van der Waals surface area contributed by atoms with Crippen LogP contribution in [0, 0.1) is 0 Å². The average molecular weight is 291 g/mol. The van der Waals surface area contributed by atoms with Crippen molar-refractivity contribution in [2.75, 3.05) is 4.72 Å². The van der Waals surface area contributed by atoms with Crippen molar-refractivity contribution in [3.05, 3.63) is 60.2 Å². The van der Waals surface area contributed by atoms with Crippen molar-refractivity contribution in [1.82, 2.24) is 0 Å². The summed E-state index contributed by atoms with van der Waals surface area (Å²) in [6.45, 7) is 1.87. The molecule has 0 heterocycles. The van der Waals surface area contributed by atoms with E-state index in [1.807, 2.05) is 6.92 Å². The van der Waals surface area contributed by atoms with Crippen molar-refractivity contribution in [3.63, 3.8) is 0 Å². The van der Waals surface area contributed by atoms with Gasteiger partial charge in [-0.1, -0.05) is 37.3 Å². The lowest BCUT2D eigenvalue weighted by Crippen LogP contribution is -2.13. The fourth-order valence-corrected chi connectivity index (χ4v) is 2.93. The highest BCUT2D eigenvalue weighted by atomic mass is 32.2. The van der Waals surface area contributed by atoms with E-state index in [0.29, 0.717) is 17.7 Å². The molecule has 5 heteroatoms. The Bertz CT molecular complexity index is 669. The van der Waals surface area contributed by atoms with Crippen LogP contribution in [0.15, 0.2) is 59.5 Å². The van der Waals surface area contributed by atoms with Gasteiger partial charge in [-0.15, -0.1) is 0 Å². The van der Waals surface area contributed by atoms with Crippen LogP contribution in [0.5, 0.6) is 0 Å². The second kappa shape index (κ2) is 6.07. The van der Waals surface area contributed by atoms with Crippen LogP contribution in [-0.4, -0.2) is 13.5 Å². The summed E-state index contributed by atoms with van der Waals surface area (Å²) in [7, 11) is -3.59. The molecule has 0 aliphatic carbocycles. The third kappa shape index (κ3) is 3.37. The number of anilines is 1. The predicted octanol–water partition coefficient (Wildman–Crippen LogP) is 2.93. The highest BCUT2D eigenvalue weighted by Crippen LogP contribution is 2.22. The van der Waals surface area contributed by atoms with Gasteiger partial charge in [-0.2, -0.15) is 0 Å². The topological polar surface area (TPSA) is 66.4 Å². The van der Waals surface area contributed by atoms with Crippen LogP contribution in [-0.2, 0) is 10.0 Å². The lowest BCUT2D eigenvalue weighted by atomic mass is 10.1. The average Bonchev–Trinajstić information content (AvgIpc) is 2.47. The van der Waals surface area contributed by atoms with Gasteiger partial charge in [0.25, 0.3) is 10.0 Å². The van der Waals surface area contributed by atoms with E-state index in [1.54, 1.807) is 42.5 Å². The number of hydrogen-bond acceptors (Lipinski definition) is 3. The molecule has 0 fully saturated rings. The van der Waals surface area contributed by atoms with E-state index in [4.69, 9.17) is 0 Å². The first kappa shape index (κ1) is 14.6. The molecule has 0 saturated heterocycles. The number of hydrogen-bond donors (Lipinski definition) is 2. The molecule has 0 bridgehead atoms. The van der Waals surface area contributed by atoms with Gasteiger partial charge in [-0.05, 0) is 36.2 Å². The number of sulfonamides is 1. The molecule has 0 aliphatic heterocycles. The summed E-state index contributed by atoms with van der Waals surface area (Å²) in [5, 5.41) is 9.79. The summed E-state index contributed by atoms with van der Waals surface area (Å²) in [6.07, 6.45) is -0.00861. The molecular formula is C15H17NO3S. The van der Waals surface area contributed by atoms with Gasteiger partial charge >= 0.3 is 0 Å². The van der Waals surface area contributed by atoms with Crippen LogP contribution in [0.2, 0.25) is 0 Å². The van der Waals surface area contributed by atoms with Gasteiger partial charge < -0.3 is 5.11 Å². The van der Waals surface area contributed by atoms with Crippen molar-refractivity contribution in [2.24, 2.45) is 0 Å². The Balaban J connectivity index is 2.26. The maximum atomic E-state index is 12.2. The van der Waals surface area contributed by atoms with Gasteiger partial charge in [0.15, 0.2) is 0 Å². The largest absolute Gasteiger partial charge is 0.388 e. The van der Waals surface area contributed by atoms with Crippen LogP contribution < -0.4 is 4.72 Å². The van der Waals surface area contributed by atoms with E-state index < -0.39 is 16.1 Å². The SMILES string of the molecule is CC[C@H](O)c1cccc(NS(=O)(=O)c2ccccc2)c1. The van der Waals surface area contributed by atoms with Crippen molar-refractivity contribution in [1.29, 1.82) is 0 Å². The smallest absolute Gasteiger partial charge is 0.261 e. The number of aliphatic hydroxyl groups is 1. The van der Waals surface area contributed by atoms with Crippen LogP contribution in [0.1, 0.15) is 25.0 Å². The number of nitrogens with one attached hydrogen (secondary N) is 1. The molecule has 2 rings (SSSR count). The maximum absolute atomic E-state index is 12.2. The number of rotatable bonds is 5. The third-order valence-electron chi connectivity index (χ3n) is 2.96. The fraction of sp³-hybridized carbons (Fsp3) is 0.200. The molecule has 20 heavy (non-hydrogen) atoms. The molecule has 0 saturated carbocycles. The predicted molar refractivity (Wildman–Crippen MR) is 78.9 cm³/mol. The van der Waals surface area contributed by atoms with Crippen molar-refractivity contribution >= 4 is 15.7 Å². The molecule has 106 valence electrons. The fourth-order valence-electron chi connectivity index (χ4n) is 1.86. The standard InChI is InChI=1S/C15H17NO3S/c1-2-15(17)12-7-6-8-13(11-12)16-20(18,19)14-9-4-3-5-10-14/h3-11,15-17H,2H2,1H3/t15-/m0/s1. The van der Waals surface area contributed by atoms with Gasteiger partial charge in [0.1, 0.15) is 0 Å². The molecule has 2 aromatic carbocycles. The highest BCUT2D eigenvalue weighted by Gasteiger charge is 2.14. The first-order valence-electron chi connectivity index (χ1n) is 6.39. The normalized spacial score (nSPS) is 12.9. The Morgan fingerprint density at radius 3 is 2.45 bits per heavy atom. The van der Waals surface area contributed by atoms with Gasteiger partial charge in [-0.3, -0.25) is 4.72 Å². The molecular weight excluding hydrogens is 274 g/mol. The van der Waals surface area contributed by atoms with E-state index in [-0.39, 0.29) is 4.90 Å². The van der Waals surface area contributed by atoms with Gasteiger partial charge in [0.05, 0.1) is 11.0 Å². The molecule has 2 aromatic rings. The Hall–Kier alpha value is -1.85. The van der Waals surface area contributed by atoms with E-state index >= 15 is 0 Å². The molecule has 0 unspecified atom stereocenters. The van der Waals surface area contributed by atoms with E-state index in [2.05, 4.69) is 4.72 Å². The Labute approximate surface area is 119 Å². The third-order valence-corrected chi connectivity index (χ3v) is 4.36. The molecule has 0 aliphatic rings. The minimum Gasteiger partial charge on any atom is -0.388 e. The second-order valence-electron chi connectivity index (χ2n) is 4.47. The molecule has 0 radical (unpaired) electrons. The zero-order valence-corrected chi connectivity index (χ0v) is 12.0. The molecule has 0 spiro atoms. The van der Waals surface area contributed by atoms with Gasteiger partial charge in [-0.25, -0.2) is 8.42 Å². The van der Waals surface area contributed by atoms with E-state index in [0.717, 1.165) is 0 Å². The summed E-state index contributed by atoms with van der Waals surface area (Å²) in [5.41, 5.74) is 1.14. The number of aliphatic hydroxyl groups excluding tert-OH is 1. The minimum absolute atomic E-state index is 0.210. The van der Waals surface area contributed by atoms with Crippen molar-refractivity contribution in [3.8, 4) is 0 Å². The summed E-state index contributed by atoms with van der Waals surface area (Å²) in [5.74, 6) is 0. The van der Waals surface area contributed by atoms with Crippen LogP contribution >= 0.6 is 0 Å². The van der Waals surface area contributed by atoms with E-state index in [9.17, 15) is 13.5 Å². The van der Waals surface area contributed by atoms with Crippen LogP contribution in [0.25, 0.3) is 0 Å². The Morgan fingerprint density at radius 2 is 1.80 bits per heavy atom. The highest BCUT2D eigenvalue weighted by molar-refractivity contribution is 7.92. The van der Waals surface area contributed by atoms with Crippen molar-refractivity contribution < 1.29 is 13.5 Å². The molecule has 0 aromatic heterocycles. The molecule has 1 atom stereocenters. The first-order valence-corrected chi connectivity index (χ1v) is 7.87. The zero-order valence-electron chi connectivity index (χ0n) is 11.2. The minimum atomic E-state index is -3.59. The van der Waals surface area contributed by atoms with E-state index in [1.165, 1.54) is 12.1 Å². The second-order valence-corrected chi connectivity index (χ2v) is 6.15. The zero-order chi connectivity index (χ0) is 14.6. The van der Waals surface area contributed by atoms with Gasteiger partial charge in [0.2, 0.25) is 0 Å². The molecule has 2 N–H and O–H groups in total. The maximum Gasteiger partial charge on any atom is 0.261 e. The molecule has 4 nitrogen and oxygen atoms in total. The Kier molecular flexibility index (Phi) is 4.42. The summed E-state index contributed by atoms with van der Waals surface area (Å²) in [6, 6.07) is 15.0. The lowest BCUT2D eigenvalue weighted by Gasteiger charge is -2.12. The van der Waals surface area contributed by atoms with Crippen LogP contribution in [0.4, 0.5) is 5.69 Å². The molecule has 0 amide bonds.